The number of nitrogens with one attached hydrogen (secondary N) is 2. The highest BCUT2D eigenvalue weighted by Gasteiger charge is 2.31. The number of nitrogens with zero attached hydrogens (tertiary/aromatic N) is 1. The first-order valence-electron chi connectivity index (χ1n) is 12.2. The van der Waals surface area contributed by atoms with Gasteiger partial charge in [-0.2, -0.15) is 0 Å². The molecular weight excluding hydrogens is 481 g/mol. The fourth-order valence-electron chi connectivity index (χ4n) is 4.38. The molecule has 0 heterocycles. The Morgan fingerprint density at radius 2 is 1.69 bits per heavy atom. The van der Waals surface area contributed by atoms with E-state index >= 15 is 0 Å². The molecule has 2 aromatic rings. The number of benzene rings is 2. The molecule has 194 valence electrons. The summed E-state index contributed by atoms with van der Waals surface area (Å²) in [6.07, 6.45) is 5.14. The monoisotopic (exact) mass is 515 g/mol. The zero-order valence-electron chi connectivity index (χ0n) is 21.0. The molecule has 0 aliphatic heterocycles. The maximum atomic E-state index is 13.4. The first-order chi connectivity index (χ1) is 17.2. The van der Waals surface area contributed by atoms with Crippen LogP contribution >= 0.6 is 0 Å². The highest BCUT2D eigenvalue weighted by molar-refractivity contribution is 7.86. The van der Waals surface area contributed by atoms with E-state index in [1.807, 2.05) is 26.0 Å². The number of carbonyl (C=O) groups excluding carboxylic acids is 3. The van der Waals surface area contributed by atoms with Crippen LogP contribution in [0.2, 0.25) is 0 Å². The van der Waals surface area contributed by atoms with Crippen LogP contribution in [-0.4, -0.2) is 45.5 Å². The summed E-state index contributed by atoms with van der Waals surface area (Å²) in [6.45, 7) is 5.47. The molecule has 0 bridgehead atoms. The van der Waals surface area contributed by atoms with E-state index in [9.17, 15) is 23.0 Å². The minimum absolute atomic E-state index is 0.0912. The summed E-state index contributed by atoms with van der Waals surface area (Å²) in [5.74, 6) is -2.54. The molecule has 36 heavy (non-hydrogen) atoms. The topological polar surface area (TPSA) is 95.6 Å². The second kappa shape index (κ2) is 12.8. The van der Waals surface area contributed by atoms with Crippen molar-refractivity contribution in [2.45, 2.75) is 65.0 Å². The van der Waals surface area contributed by atoms with E-state index in [0.717, 1.165) is 43.2 Å². The molecule has 2 aromatic carbocycles. The first-order valence-corrected chi connectivity index (χ1v) is 13.7. The van der Waals surface area contributed by atoms with Crippen molar-refractivity contribution < 1.29 is 23.0 Å². The van der Waals surface area contributed by atoms with Crippen molar-refractivity contribution in [2.75, 3.05) is 21.7 Å². The van der Waals surface area contributed by atoms with Gasteiger partial charge >= 0.3 is 0 Å². The molecule has 3 amide bonds. The van der Waals surface area contributed by atoms with Crippen LogP contribution in [0.5, 0.6) is 0 Å². The number of hydrogen-bond donors (Lipinski definition) is 2. The molecular formula is C27H34FN3O4S. The number of amides is 3. The van der Waals surface area contributed by atoms with Crippen LogP contribution in [0.1, 0.15) is 50.2 Å². The van der Waals surface area contributed by atoms with Crippen LogP contribution in [0.4, 0.5) is 15.8 Å². The number of carbonyl (C=O) groups is 3. The predicted molar refractivity (Wildman–Crippen MR) is 141 cm³/mol. The average Bonchev–Trinajstić information content (AvgIpc) is 2.83. The summed E-state index contributed by atoms with van der Waals surface area (Å²) in [6, 6.07) is 10.00. The number of halogens is 1. The van der Waals surface area contributed by atoms with E-state index < -0.39 is 46.0 Å². The fourth-order valence-corrected chi connectivity index (χ4v) is 5.26. The van der Waals surface area contributed by atoms with Gasteiger partial charge in [0.25, 0.3) is 0 Å². The van der Waals surface area contributed by atoms with E-state index in [4.69, 9.17) is 0 Å². The Morgan fingerprint density at radius 3 is 2.36 bits per heavy atom. The summed E-state index contributed by atoms with van der Waals surface area (Å²) in [5.41, 5.74) is 2.77. The predicted octanol–water partition coefficient (Wildman–Crippen LogP) is 4.00. The molecule has 9 heteroatoms. The minimum atomic E-state index is -1.81. The van der Waals surface area contributed by atoms with Crippen molar-refractivity contribution >= 4 is 39.9 Å². The summed E-state index contributed by atoms with van der Waals surface area (Å²) in [4.78, 5) is 40.3. The molecule has 2 atom stereocenters. The van der Waals surface area contributed by atoms with Gasteiger partial charge in [0.2, 0.25) is 17.7 Å². The van der Waals surface area contributed by atoms with Gasteiger partial charge in [-0.15, -0.1) is 0 Å². The van der Waals surface area contributed by atoms with Gasteiger partial charge < -0.3 is 10.6 Å². The number of anilines is 2. The molecule has 0 saturated heterocycles. The Bertz CT molecular complexity index is 1120. The standard InChI is InChI=1S/C27H34FN3O4S/c1-18-8-7-11-24(19(18)2)31(20(3)27(34)30-22-9-5-4-6-10-22)26(33)17-36(35)16-25(32)29-23-14-12-21(28)13-15-23/h7-8,11-15,20,22H,4-6,9-10,16-17H2,1-3H3,(H,29,32)(H,30,34). The maximum Gasteiger partial charge on any atom is 0.243 e. The third kappa shape index (κ3) is 7.46. The first kappa shape index (κ1) is 27.5. The molecule has 7 nitrogen and oxygen atoms in total. The lowest BCUT2D eigenvalue weighted by Gasteiger charge is -2.32. The average molecular weight is 516 g/mol. The molecule has 1 aliphatic rings. The van der Waals surface area contributed by atoms with E-state index in [-0.39, 0.29) is 11.9 Å². The lowest BCUT2D eigenvalue weighted by Crippen LogP contribution is -2.52. The summed E-state index contributed by atoms with van der Waals surface area (Å²) in [7, 11) is -1.81. The Hall–Kier alpha value is -3.07. The van der Waals surface area contributed by atoms with E-state index in [1.54, 1.807) is 13.0 Å². The Kier molecular flexibility index (Phi) is 9.75. The molecule has 3 rings (SSSR count). The van der Waals surface area contributed by atoms with Gasteiger partial charge in [0.05, 0.1) is 0 Å². The molecule has 0 radical (unpaired) electrons. The Balaban J connectivity index is 1.72. The zero-order valence-corrected chi connectivity index (χ0v) is 21.8. The van der Waals surface area contributed by atoms with Gasteiger partial charge in [0, 0.05) is 28.2 Å². The summed E-state index contributed by atoms with van der Waals surface area (Å²) >= 11 is 0. The third-order valence-corrected chi connectivity index (χ3v) is 7.68. The Labute approximate surface area is 214 Å². The van der Waals surface area contributed by atoms with Gasteiger partial charge in [-0.3, -0.25) is 23.5 Å². The largest absolute Gasteiger partial charge is 0.352 e. The molecule has 2 unspecified atom stereocenters. The van der Waals surface area contributed by atoms with Gasteiger partial charge in [-0.25, -0.2) is 4.39 Å². The number of aryl methyl sites for hydroxylation is 1. The van der Waals surface area contributed by atoms with Crippen molar-refractivity contribution in [1.29, 1.82) is 0 Å². The van der Waals surface area contributed by atoms with Crippen LogP contribution < -0.4 is 15.5 Å². The summed E-state index contributed by atoms with van der Waals surface area (Å²) < 4.78 is 25.8. The van der Waals surface area contributed by atoms with Crippen molar-refractivity contribution in [1.82, 2.24) is 5.32 Å². The normalized spacial score (nSPS) is 15.6. The maximum absolute atomic E-state index is 13.4. The quantitative estimate of drug-likeness (QED) is 0.528. The molecule has 1 aliphatic carbocycles. The van der Waals surface area contributed by atoms with E-state index in [2.05, 4.69) is 10.6 Å². The van der Waals surface area contributed by atoms with E-state index in [0.29, 0.717) is 11.4 Å². The lowest BCUT2D eigenvalue weighted by atomic mass is 9.95. The zero-order chi connectivity index (χ0) is 26.2. The number of rotatable bonds is 9. The number of hydrogen-bond acceptors (Lipinski definition) is 4. The molecule has 1 saturated carbocycles. The lowest BCUT2D eigenvalue weighted by molar-refractivity contribution is -0.126. The van der Waals surface area contributed by atoms with Crippen molar-refractivity contribution in [3.8, 4) is 0 Å². The van der Waals surface area contributed by atoms with E-state index in [1.165, 1.54) is 29.2 Å². The van der Waals surface area contributed by atoms with Crippen molar-refractivity contribution in [2.24, 2.45) is 0 Å². The Morgan fingerprint density at radius 1 is 1.03 bits per heavy atom. The van der Waals surface area contributed by atoms with Gasteiger partial charge in [0.1, 0.15) is 23.4 Å². The highest BCUT2D eigenvalue weighted by atomic mass is 32.2. The second-order valence-electron chi connectivity index (χ2n) is 9.29. The molecule has 0 aromatic heterocycles. The van der Waals surface area contributed by atoms with Gasteiger partial charge in [-0.05, 0) is 75.1 Å². The van der Waals surface area contributed by atoms with Crippen LogP contribution in [-0.2, 0) is 25.2 Å². The van der Waals surface area contributed by atoms with Crippen LogP contribution in [0.3, 0.4) is 0 Å². The molecule has 1 fully saturated rings. The van der Waals surface area contributed by atoms with Gasteiger partial charge in [0.15, 0.2) is 0 Å². The van der Waals surface area contributed by atoms with Crippen LogP contribution in [0, 0.1) is 19.7 Å². The molecule has 0 spiro atoms. The van der Waals surface area contributed by atoms with Crippen molar-refractivity contribution in [3.05, 3.63) is 59.4 Å². The van der Waals surface area contributed by atoms with Crippen LogP contribution in [0.25, 0.3) is 0 Å². The highest BCUT2D eigenvalue weighted by Crippen LogP contribution is 2.26. The summed E-state index contributed by atoms with van der Waals surface area (Å²) in [5, 5.41) is 5.62. The second-order valence-corrected chi connectivity index (χ2v) is 10.7. The smallest absolute Gasteiger partial charge is 0.243 e. The fraction of sp³-hybridized carbons (Fsp3) is 0.444. The third-order valence-electron chi connectivity index (χ3n) is 6.53. The SMILES string of the molecule is Cc1cccc(N(C(=O)CS(=O)CC(=O)Nc2ccc(F)cc2)C(C)C(=O)NC2CCCCC2)c1C. The van der Waals surface area contributed by atoms with Gasteiger partial charge in [-0.1, -0.05) is 31.4 Å². The van der Waals surface area contributed by atoms with Crippen molar-refractivity contribution in [3.63, 3.8) is 0 Å². The minimum Gasteiger partial charge on any atom is -0.352 e. The van der Waals surface area contributed by atoms with Crippen LogP contribution in [0.15, 0.2) is 42.5 Å². The molecule has 2 N–H and O–H groups in total.